The van der Waals surface area contributed by atoms with Gasteiger partial charge in [0.2, 0.25) is 0 Å². The van der Waals surface area contributed by atoms with Gasteiger partial charge >= 0.3 is 6.03 Å². The minimum atomic E-state index is -0.315. The van der Waals surface area contributed by atoms with E-state index in [0.717, 1.165) is 16.7 Å². The van der Waals surface area contributed by atoms with Crippen LogP contribution in [0.5, 0.6) is 5.75 Å². The number of ether oxygens (including phenoxy) is 1. The number of carbonyl (C=O) groups is 1. The van der Waals surface area contributed by atoms with Gasteiger partial charge in [-0.15, -0.1) is 12.4 Å². The first-order valence-corrected chi connectivity index (χ1v) is 10.8. The number of benzene rings is 3. The van der Waals surface area contributed by atoms with E-state index in [9.17, 15) is 9.18 Å². The third-order valence-corrected chi connectivity index (χ3v) is 5.30. The van der Waals surface area contributed by atoms with E-state index < -0.39 is 0 Å². The SMILES string of the molecule is CC(NC(=O)N(CCN)Cc1ccc(OCc2ccccc2)c(Cl)c1)c1ccc(F)cc1.Cl. The molecule has 176 valence electrons. The Hall–Kier alpha value is -2.80. The Labute approximate surface area is 205 Å². The maximum Gasteiger partial charge on any atom is 0.318 e. The summed E-state index contributed by atoms with van der Waals surface area (Å²) in [6, 6.07) is 20.8. The highest BCUT2D eigenvalue weighted by atomic mass is 35.5. The molecule has 0 aliphatic carbocycles. The second-order valence-electron chi connectivity index (χ2n) is 7.47. The summed E-state index contributed by atoms with van der Waals surface area (Å²) in [6.45, 7) is 3.32. The lowest BCUT2D eigenvalue weighted by Gasteiger charge is -2.25. The summed E-state index contributed by atoms with van der Waals surface area (Å²) in [5, 5.41) is 3.41. The average Bonchev–Trinajstić information content (AvgIpc) is 2.79. The van der Waals surface area contributed by atoms with Crippen LogP contribution in [0.4, 0.5) is 9.18 Å². The molecule has 0 saturated heterocycles. The lowest BCUT2D eigenvalue weighted by Crippen LogP contribution is -2.42. The van der Waals surface area contributed by atoms with Crippen molar-refractivity contribution in [3.63, 3.8) is 0 Å². The summed E-state index contributed by atoms with van der Waals surface area (Å²) in [6.07, 6.45) is 0. The Bertz CT molecular complexity index is 1020. The Morgan fingerprint density at radius 3 is 2.42 bits per heavy atom. The summed E-state index contributed by atoms with van der Waals surface area (Å²) in [5.74, 6) is 0.268. The quantitative estimate of drug-likeness (QED) is 0.402. The Morgan fingerprint density at radius 2 is 1.79 bits per heavy atom. The molecule has 3 aromatic carbocycles. The third kappa shape index (κ3) is 7.93. The summed E-state index contributed by atoms with van der Waals surface area (Å²) >= 11 is 6.41. The monoisotopic (exact) mass is 491 g/mol. The molecule has 0 saturated carbocycles. The molecule has 1 atom stereocenters. The number of nitrogens with two attached hydrogens (primary N) is 1. The van der Waals surface area contributed by atoms with E-state index >= 15 is 0 Å². The van der Waals surface area contributed by atoms with E-state index in [1.54, 1.807) is 29.2 Å². The van der Waals surface area contributed by atoms with Crippen LogP contribution in [0, 0.1) is 5.82 Å². The molecule has 33 heavy (non-hydrogen) atoms. The van der Waals surface area contributed by atoms with E-state index in [4.69, 9.17) is 22.1 Å². The standard InChI is InChI=1S/C25H27ClFN3O2.ClH/c1-18(21-8-10-22(27)11-9-21)29-25(31)30(14-13-28)16-20-7-12-24(23(26)15-20)32-17-19-5-3-2-4-6-19;/h2-12,15,18H,13-14,16-17,28H2,1H3,(H,29,31);1H. The van der Waals surface area contributed by atoms with Gasteiger partial charge in [-0.1, -0.05) is 60.1 Å². The fourth-order valence-corrected chi connectivity index (χ4v) is 3.49. The molecule has 0 fully saturated rings. The van der Waals surface area contributed by atoms with Gasteiger partial charge in [0, 0.05) is 19.6 Å². The summed E-state index contributed by atoms with van der Waals surface area (Å²) in [4.78, 5) is 14.4. The molecule has 0 aliphatic heterocycles. The van der Waals surface area contributed by atoms with Crippen LogP contribution in [0.2, 0.25) is 5.02 Å². The van der Waals surface area contributed by atoms with Crippen molar-refractivity contribution in [2.24, 2.45) is 5.73 Å². The first-order valence-electron chi connectivity index (χ1n) is 10.4. The Balaban J connectivity index is 0.00000385. The third-order valence-electron chi connectivity index (χ3n) is 5.00. The van der Waals surface area contributed by atoms with Gasteiger partial charge in [0.05, 0.1) is 11.1 Å². The Kier molecular flexibility index (Phi) is 10.5. The van der Waals surface area contributed by atoms with Crippen LogP contribution in [0.25, 0.3) is 0 Å². The van der Waals surface area contributed by atoms with Crippen molar-refractivity contribution in [3.05, 3.63) is 100 Å². The van der Waals surface area contributed by atoms with Crippen molar-refractivity contribution in [2.45, 2.75) is 26.1 Å². The lowest BCUT2D eigenvalue weighted by molar-refractivity contribution is 0.193. The molecular formula is C25H28Cl2FN3O2. The molecule has 0 radical (unpaired) electrons. The van der Waals surface area contributed by atoms with Crippen molar-refractivity contribution >= 4 is 30.0 Å². The minimum Gasteiger partial charge on any atom is -0.487 e. The minimum absolute atomic E-state index is 0. The summed E-state index contributed by atoms with van der Waals surface area (Å²) in [7, 11) is 0. The fourth-order valence-electron chi connectivity index (χ4n) is 3.23. The van der Waals surface area contributed by atoms with Crippen molar-refractivity contribution in [2.75, 3.05) is 13.1 Å². The molecule has 3 rings (SSSR count). The number of amides is 2. The highest BCUT2D eigenvalue weighted by Gasteiger charge is 2.17. The van der Waals surface area contributed by atoms with Gasteiger partial charge in [0.15, 0.2) is 0 Å². The summed E-state index contributed by atoms with van der Waals surface area (Å²) in [5.41, 5.74) is 8.45. The highest BCUT2D eigenvalue weighted by Crippen LogP contribution is 2.27. The molecule has 0 aromatic heterocycles. The number of urea groups is 1. The molecular weight excluding hydrogens is 464 g/mol. The Morgan fingerprint density at radius 1 is 1.09 bits per heavy atom. The zero-order valence-electron chi connectivity index (χ0n) is 18.3. The second-order valence-corrected chi connectivity index (χ2v) is 7.88. The maximum absolute atomic E-state index is 13.2. The van der Waals surface area contributed by atoms with Crippen LogP contribution in [0.1, 0.15) is 29.7 Å². The van der Waals surface area contributed by atoms with E-state index in [-0.39, 0.29) is 30.3 Å². The zero-order valence-corrected chi connectivity index (χ0v) is 19.9. The van der Waals surface area contributed by atoms with Crippen LogP contribution in [0.15, 0.2) is 72.8 Å². The number of nitrogens with zero attached hydrogens (tertiary/aromatic N) is 1. The van der Waals surface area contributed by atoms with Gasteiger partial charge in [-0.25, -0.2) is 9.18 Å². The number of nitrogens with one attached hydrogen (secondary N) is 1. The number of hydrogen-bond donors (Lipinski definition) is 2. The van der Waals surface area contributed by atoms with Crippen molar-refractivity contribution in [3.8, 4) is 5.75 Å². The van der Waals surface area contributed by atoms with Gasteiger partial charge < -0.3 is 20.7 Å². The van der Waals surface area contributed by atoms with Crippen molar-refractivity contribution in [1.29, 1.82) is 0 Å². The topological polar surface area (TPSA) is 67.6 Å². The van der Waals surface area contributed by atoms with Crippen LogP contribution in [-0.4, -0.2) is 24.0 Å². The molecule has 3 N–H and O–H groups in total. The smallest absolute Gasteiger partial charge is 0.318 e. The second kappa shape index (κ2) is 13.0. The number of halogens is 3. The fraction of sp³-hybridized carbons (Fsp3) is 0.240. The van der Waals surface area contributed by atoms with Crippen molar-refractivity contribution in [1.82, 2.24) is 10.2 Å². The maximum atomic E-state index is 13.2. The number of rotatable bonds is 9. The molecule has 1 unspecified atom stereocenters. The number of carbonyl (C=O) groups excluding carboxylic acids is 1. The van der Waals surface area contributed by atoms with E-state index in [1.807, 2.05) is 43.3 Å². The van der Waals surface area contributed by atoms with Crippen LogP contribution in [0.3, 0.4) is 0 Å². The van der Waals surface area contributed by atoms with Crippen LogP contribution < -0.4 is 15.8 Å². The van der Waals surface area contributed by atoms with Crippen LogP contribution >= 0.6 is 24.0 Å². The molecule has 3 aromatic rings. The predicted octanol–water partition coefficient (Wildman–Crippen LogP) is 5.71. The number of hydrogen-bond acceptors (Lipinski definition) is 3. The van der Waals surface area contributed by atoms with Crippen LogP contribution in [-0.2, 0) is 13.2 Å². The van der Waals surface area contributed by atoms with Gasteiger partial charge in [-0.3, -0.25) is 0 Å². The van der Waals surface area contributed by atoms with E-state index in [0.29, 0.717) is 37.0 Å². The largest absolute Gasteiger partial charge is 0.487 e. The van der Waals surface area contributed by atoms with Gasteiger partial charge in [-0.05, 0) is 47.9 Å². The van der Waals surface area contributed by atoms with Gasteiger partial charge in [0.25, 0.3) is 0 Å². The summed E-state index contributed by atoms with van der Waals surface area (Å²) < 4.78 is 19.0. The molecule has 8 heteroatoms. The molecule has 0 bridgehead atoms. The molecule has 0 spiro atoms. The molecule has 2 amide bonds. The first-order chi connectivity index (χ1) is 15.5. The lowest BCUT2D eigenvalue weighted by atomic mass is 10.1. The highest BCUT2D eigenvalue weighted by molar-refractivity contribution is 6.32. The van der Waals surface area contributed by atoms with Crippen molar-refractivity contribution < 1.29 is 13.9 Å². The average molecular weight is 492 g/mol. The molecule has 0 aliphatic rings. The normalized spacial score (nSPS) is 11.3. The molecule has 5 nitrogen and oxygen atoms in total. The predicted molar refractivity (Wildman–Crippen MR) is 132 cm³/mol. The first kappa shape index (κ1) is 26.5. The molecule has 0 heterocycles. The zero-order chi connectivity index (χ0) is 22.9. The van der Waals surface area contributed by atoms with Gasteiger partial charge in [-0.2, -0.15) is 0 Å². The van der Waals surface area contributed by atoms with E-state index in [1.165, 1.54) is 12.1 Å². The van der Waals surface area contributed by atoms with Gasteiger partial charge in [0.1, 0.15) is 18.2 Å². The van der Waals surface area contributed by atoms with E-state index in [2.05, 4.69) is 5.32 Å².